The van der Waals surface area contributed by atoms with E-state index in [9.17, 15) is 4.79 Å². The van der Waals surface area contributed by atoms with Gasteiger partial charge >= 0.3 is 0 Å². The molecule has 0 spiro atoms. The summed E-state index contributed by atoms with van der Waals surface area (Å²) < 4.78 is 0. The molecule has 4 nitrogen and oxygen atoms in total. The fourth-order valence-electron chi connectivity index (χ4n) is 2.34. The molecule has 2 rings (SSSR count). The maximum absolute atomic E-state index is 12.3. The Morgan fingerprint density at radius 1 is 1.61 bits per heavy atom. The lowest BCUT2D eigenvalue weighted by Gasteiger charge is -2.32. The van der Waals surface area contributed by atoms with Gasteiger partial charge in [-0.05, 0) is 24.8 Å². The van der Waals surface area contributed by atoms with Crippen molar-refractivity contribution < 1.29 is 4.79 Å². The molecule has 0 aliphatic carbocycles. The highest BCUT2D eigenvalue weighted by Crippen LogP contribution is 2.22. The van der Waals surface area contributed by atoms with Crippen LogP contribution in [0.15, 0.2) is 18.5 Å². The highest BCUT2D eigenvalue weighted by Gasteiger charge is 2.24. The second-order valence-corrected chi connectivity index (χ2v) is 4.63. The minimum atomic E-state index is 0. The number of carbonyl (C=O) groups is 1. The lowest BCUT2D eigenvalue weighted by Crippen LogP contribution is -2.40. The third-order valence-electron chi connectivity index (χ3n) is 3.47. The number of amides is 1. The Hall–Kier alpha value is -1.29. The summed E-state index contributed by atoms with van der Waals surface area (Å²) in [6.07, 6.45) is 6.61. The molecule has 1 aliphatic heterocycles. The number of nitrogen functional groups attached to an aromatic ring is 1. The number of likely N-dealkylation sites (tertiary alicyclic amines) is 1. The predicted octanol–water partition coefficient (Wildman–Crippen LogP) is 2.35. The van der Waals surface area contributed by atoms with Gasteiger partial charge in [0.15, 0.2) is 0 Å². The zero-order valence-electron chi connectivity index (χ0n) is 10.6. The Kier molecular flexibility index (Phi) is 5.41. The van der Waals surface area contributed by atoms with Crippen molar-refractivity contribution in [2.75, 3.05) is 18.8 Å². The molecule has 0 bridgehead atoms. The number of carbonyl (C=O) groups excluding carboxylic acids is 1. The van der Waals surface area contributed by atoms with Crippen molar-refractivity contribution in [3.8, 4) is 0 Å². The molecule has 2 heterocycles. The van der Waals surface area contributed by atoms with Gasteiger partial charge in [0.25, 0.3) is 5.91 Å². The Balaban J connectivity index is 0.00000162. The van der Waals surface area contributed by atoms with Crippen LogP contribution in [0.1, 0.15) is 36.5 Å². The summed E-state index contributed by atoms with van der Waals surface area (Å²) in [5, 5.41) is 0. The van der Waals surface area contributed by atoms with E-state index in [1.54, 1.807) is 18.5 Å². The van der Waals surface area contributed by atoms with Crippen molar-refractivity contribution in [2.45, 2.75) is 26.2 Å². The van der Waals surface area contributed by atoms with Crippen molar-refractivity contribution >= 4 is 24.0 Å². The van der Waals surface area contributed by atoms with E-state index in [-0.39, 0.29) is 18.3 Å². The summed E-state index contributed by atoms with van der Waals surface area (Å²) in [5.41, 5.74) is 6.86. The van der Waals surface area contributed by atoms with Crippen molar-refractivity contribution in [1.29, 1.82) is 0 Å². The SMILES string of the molecule is CCC1CCCN(C(=O)c2cnccc2N)C1.Cl. The fraction of sp³-hybridized carbons (Fsp3) is 0.538. The molecule has 0 aromatic carbocycles. The molecule has 18 heavy (non-hydrogen) atoms. The van der Waals surface area contributed by atoms with Crippen molar-refractivity contribution in [2.24, 2.45) is 5.92 Å². The van der Waals surface area contributed by atoms with E-state index in [1.165, 1.54) is 6.42 Å². The molecule has 5 heteroatoms. The van der Waals surface area contributed by atoms with E-state index >= 15 is 0 Å². The summed E-state index contributed by atoms with van der Waals surface area (Å²) in [7, 11) is 0. The van der Waals surface area contributed by atoms with Gasteiger partial charge in [-0.2, -0.15) is 0 Å². The molecule has 100 valence electrons. The largest absolute Gasteiger partial charge is 0.398 e. The molecular weight excluding hydrogens is 250 g/mol. The van der Waals surface area contributed by atoms with Gasteiger partial charge in [-0.15, -0.1) is 12.4 Å². The highest BCUT2D eigenvalue weighted by molar-refractivity contribution is 5.98. The zero-order chi connectivity index (χ0) is 12.3. The first-order chi connectivity index (χ1) is 8.22. The minimum Gasteiger partial charge on any atom is -0.398 e. The smallest absolute Gasteiger partial charge is 0.257 e. The van der Waals surface area contributed by atoms with Gasteiger partial charge in [0.1, 0.15) is 0 Å². The zero-order valence-corrected chi connectivity index (χ0v) is 11.4. The molecule has 1 aromatic heterocycles. The summed E-state index contributed by atoms with van der Waals surface area (Å²) in [6.45, 7) is 3.87. The van der Waals surface area contributed by atoms with Crippen LogP contribution in [0.25, 0.3) is 0 Å². The Bertz CT molecular complexity index is 411. The average Bonchev–Trinajstić information content (AvgIpc) is 2.38. The molecule has 0 radical (unpaired) electrons. The third kappa shape index (κ3) is 3.13. The quantitative estimate of drug-likeness (QED) is 0.897. The van der Waals surface area contributed by atoms with E-state index < -0.39 is 0 Å². The predicted molar refractivity (Wildman–Crippen MR) is 74.8 cm³/mol. The van der Waals surface area contributed by atoms with Crippen LogP contribution in [0, 0.1) is 5.92 Å². The van der Waals surface area contributed by atoms with Gasteiger partial charge in [-0.25, -0.2) is 0 Å². The van der Waals surface area contributed by atoms with E-state index in [4.69, 9.17) is 5.73 Å². The van der Waals surface area contributed by atoms with Crippen LogP contribution in [0.5, 0.6) is 0 Å². The molecule has 1 aromatic rings. The van der Waals surface area contributed by atoms with E-state index in [0.717, 1.165) is 25.9 Å². The standard InChI is InChI=1S/C13H19N3O.ClH/c1-2-10-4-3-7-16(9-10)13(17)11-8-15-6-5-12(11)14;/h5-6,8,10H,2-4,7,9H2,1H3,(H2,14,15);1H. The number of anilines is 1. The van der Waals surface area contributed by atoms with Crippen LogP contribution in [0.3, 0.4) is 0 Å². The number of nitrogens with zero attached hydrogens (tertiary/aromatic N) is 2. The van der Waals surface area contributed by atoms with Crippen LogP contribution in [-0.2, 0) is 0 Å². The van der Waals surface area contributed by atoms with Crippen LogP contribution in [-0.4, -0.2) is 28.9 Å². The molecule has 1 unspecified atom stereocenters. The lowest BCUT2D eigenvalue weighted by molar-refractivity contribution is 0.0672. The number of pyridine rings is 1. The third-order valence-corrected chi connectivity index (χ3v) is 3.47. The topological polar surface area (TPSA) is 59.2 Å². The molecule has 2 N–H and O–H groups in total. The van der Waals surface area contributed by atoms with Crippen molar-refractivity contribution in [3.63, 3.8) is 0 Å². The average molecular weight is 270 g/mol. The van der Waals surface area contributed by atoms with E-state index in [2.05, 4.69) is 11.9 Å². The molecule has 1 amide bonds. The number of aromatic nitrogens is 1. The van der Waals surface area contributed by atoms with Crippen molar-refractivity contribution in [1.82, 2.24) is 9.88 Å². The molecule has 1 saturated heterocycles. The van der Waals surface area contributed by atoms with Gasteiger partial charge in [-0.1, -0.05) is 13.3 Å². The van der Waals surface area contributed by atoms with Gasteiger partial charge in [0.05, 0.1) is 5.56 Å². The van der Waals surface area contributed by atoms with Crippen LogP contribution in [0.2, 0.25) is 0 Å². The Labute approximate surface area is 114 Å². The monoisotopic (exact) mass is 269 g/mol. The highest BCUT2D eigenvalue weighted by atomic mass is 35.5. The van der Waals surface area contributed by atoms with E-state index in [0.29, 0.717) is 17.2 Å². The Morgan fingerprint density at radius 3 is 3.06 bits per heavy atom. The maximum Gasteiger partial charge on any atom is 0.257 e. The second kappa shape index (κ2) is 6.59. The summed E-state index contributed by atoms with van der Waals surface area (Å²) >= 11 is 0. The second-order valence-electron chi connectivity index (χ2n) is 4.63. The summed E-state index contributed by atoms with van der Waals surface area (Å²) in [6, 6.07) is 1.68. The number of hydrogen-bond donors (Lipinski definition) is 1. The van der Waals surface area contributed by atoms with Crippen LogP contribution in [0.4, 0.5) is 5.69 Å². The van der Waals surface area contributed by atoms with Gasteiger partial charge in [-0.3, -0.25) is 9.78 Å². The van der Waals surface area contributed by atoms with Gasteiger partial charge in [0, 0.05) is 31.2 Å². The van der Waals surface area contributed by atoms with Crippen molar-refractivity contribution in [3.05, 3.63) is 24.0 Å². The van der Waals surface area contributed by atoms with Crippen LogP contribution < -0.4 is 5.73 Å². The summed E-state index contributed by atoms with van der Waals surface area (Å²) in [4.78, 5) is 18.2. The van der Waals surface area contributed by atoms with Gasteiger partial charge in [0.2, 0.25) is 0 Å². The van der Waals surface area contributed by atoms with Crippen LogP contribution >= 0.6 is 12.4 Å². The number of nitrogens with two attached hydrogens (primary N) is 1. The normalized spacial score (nSPS) is 19.2. The first-order valence-corrected chi connectivity index (χ1v) is 6.21. The number of piperidine rings is 1. The molecule has 0 saturated carbocycles. The molecular formula is C13H20ClN3O. The lowest BCUT2D eigenvalue weighted by atomic mass is 9.95. The number of rotatable bonds is 2. The summed E-state index contributed by atoms with van der Waals surface area (Å²) in [5.74, 6) is 0.652. The van der Waals surface area contributed by atoms with E-state index in [1.807, 2.05) is 4.90 Å². The fourth-order valence-corrected chi connectivity index (χ4v) is 2.34. The first-order valence-electron chi connectivity index (χ1n) is 6.21. The minimum absolute atomic E-state index is 0. The van der Waals surface area contributed by atoms with Gasteiger partial charge < -0.3 is 10.6 Å². The Morgan fingerprint density at radius 2 is 2.39 bits per heavy atom. The maximum atomic E-state index is 12.3. The number of hydrogen-bond acceptors (Lipinski definition) is 3. The molecule has 1 fully saturated rings. The molecule has 1 aliphatic rings. The first kappa shape index (κ1) is 14.8. The number of halogens is 1. The molecule has 1 atom stereocenters.